The fourth-order valence-corrected chi connectivity index (χ4v) is 3.41. The molecule has 0 spiro atoms. The molecule has 1 aliphatic heterocycles. The van der Waals surface area contributed by atoms with Crippen molar-refractivity contribution in [1.82, 2.24) is 9.80 Å². The number of hydrogen-bond donors (Lipinski definition) is 1. The van der Waals surface area contributed by atoms with Gasteiger partial charge in [-0.1, -0.05) is 17.7 Å². The quantitative estimate of drug-likeness (QED) is 0.906. The van der Waals surface area contributed by atoms with Gasteiger partial charge in [0.2, 0.25) is 17.7 Å². The summed E-state index contributed by atoms with van der Waals surface area (Å²) in [4.78, 5) is 39.9. The van der Waals surface area contributed by atoms with Gasteiger partial charge in [-0.05, 0) is 31.9 Å². The summed E-state index contributed by atoms with van der Waals surface area (Å²) in [5, 5.41) is 2.95. The number of nitrogens with zero attached hydrogens (tertiary/aromatic N) is 2. The molecule has 3 amide bonds. The van der Waals surface area contributed by atoms with E-state index in [1.807, 2.05) is 32.0 Å². The molecule has 1 aromatic rings. The Morgan fingerprint density at radius 3 is 2.24 bits per heavy atom. The Bertz CT molecular complexity index is 708. The molecular formula is C19H25N3O3. The molecule has 0 bridgehead atoms. The molecule has 1 heterocycles. The lowest BCUT2D eigenvalue weighted by atomic mass is 10.1. The average molecular weight is 343 g/mol. The molecule has 6 heteroatoms. The van der Waals surface area contributed by atoms with Crippen LogP contribution in [-0.4, -0.2) is 53.7 Å². The van der Waals surface area contributed by atoms with Gasteiger partial charge < -0.3 is 15.1 Å². The number of nitrogens with one attached hydrogen (secondary N) is 1. The highest BCUT2D eigenvalue weighted by Gasteiger charge is 2.49. The smallest absolute Gasteiger partial charge is 0.228 e. The van der Waals surface area contributed by atoms with Crippen LogP contribution >= 0.6 is 0 Å². The number of carbonyl (C=O) groups excluding carboxylic acids is 3. The molecule has 25 heavy (non-hydrogen) atoms. The zero-order valence-corrected chi connectivity index (χ0v) is 15.0. The lowest BCUT2D eigenvalue weighted by Gasteiger charge is -2.34. The van der Waals surface area contributed by atoms with Crippen LogP contribution < -0.4 is 5.32 Å². The molecule has 1 N–H and O–H groups in total. The Hall–Kier alpha value is -2.37. The van der Waals surface area contributed by atoms with Crippen molar-refractivity contribution in [1.29, 1.82) is 0 Å². The highest BCUT2D eigenvalue weighted by Crippen LogP contribution is 2.41. The van der Waals surface area contributed by atoms with Crippen LogP contribution in [0.15, 0.2) is 18.2 Å². The predicted octanol–water partition coefficient (Wildman–Crippen LogP) is 1.57. The molecular weight excluding hydrogens is 318 g/mol. The number of carbonyl (C=O) groups is 3. The van der Waals surface area contributed by atoms with Crippen molar-refractivity contribution < 1.29 is 14.4 Å². The number of rotatable bonds is 3. The Balaban J connectivity index is 1.52. The zero-order chi connectivity index (χ0) is 18.1. The van der Waals surface area contributed by atoms with Crippen molar-refractivity contribution >= 4 is 23.4 Å². The summed E-state index contributed by atoms with van der Waals surface area (Å²) >= 11 is 0. The molecule has 3 rings (SSSR count). The van der Waals surface area contributed by atoms with Crippen LogP contribution in [0, 0.1) is 25.7 Å². The lowest BCUT2D eigenvalue weighted by Crippen LogP contribution is -2.50. The van der Waals surface area contributed by atoms with E-state index >= 15 is 0 Å². The summed E-state index contributed by atoms with van der Waals surface area (Å²) in [6.45, 7) is 7.79. The van der Waals surface area contributed by atoms with E-state index in [0.717, 1.165) is 16.8 Å². The van der Waals surface area contributed by atoms with Crippen LogP contribution in [-0.2, 0) is 14.4 Å². The van der Waals surface area contributed by atoms with Crippen molar-refractivity contribution in [3.63, 3.8) is 0 Å². The van der Waals surface area contributed by atoms with Gasteiger partial charge in [-0.15, -0.1) is 0 Å². The molecule has 2 aliphatic rings. The van der Waals surface area contributed by atoms with Crippen LogP contribution in [0.4, 0.5) is 5.69 Å². The van der Waals surface area contributed by atoms with Crippen molar-refractivity contribution in [3.8, 4) is 0 Å². The number of piperazine rings is 1. The molecule has 134 valence electrons. The fourth-order valence-electron chi connectivity index (χ4n) is 3.41. The Morgan fingerprint density at radius 1 is 1.00 bits per heavy atom. The molecule has 0 aromatic heterocycles. The van der Waals surface area contributed by atoms with Gasteiger partial charge in [0.1, 0.15) is 0 Å². The third-order valence-corrected chi connectivity index (χ3v) is 5.12. The Kier molecular flexibility index (Phi) is 4.79. The Morgan fingerprint density at radius 2 is 1.64 bits per heavy atom. The second kappa shape index (κ2) is 6.86. The van der Waals surface area contributed by atoms with E-state index in [-0.39, 0.29) is 29.6 Å². The predicted molar refractivity (Wildman–Crippen MR) is 95.0 cm³/mol. The van der Waals surface area contributed by atoms with Crippen LogP contribution in [0.25, 0.3) is 0 Å². The van der Waals surface area contributed by atoms with E-state index in [1.165, 1.54) is 0 Å². The van der Waals surface area contributed by atoms with Gasteiger partial charge in [-0.25, -0.2) is 0 Å². The monoisotopic (exact) mass is 343 g/mol. The Labute approximate surface area is 148 Å². The average Bonchev–Trinajstić information content (AvgIpc) is 3.37. The minimum Gasteiger partial charge on any atom is -0.339 e. The second-order valence-electron chi connectivity index (χ2n) is 7.09. The fraction of sp³-hybridized carbons (Fsp3) is 0.526. The molecule has 0 radical (unpaired) electrons. The number of amides is 3. The molecule has 1 saturated heterocycles. The SMILES string of the molecule is CC(=O)N1CCN(C(=O)C2CC2C(=O)Nc2ccc(C)cc2C)CC1. The third-order valence-electron chi connectivity index (χ3n) is 5.12. The maximum atomic E-state index is 12.6. The molecule has 6 nitrogen and oxygen atoms in total. The van der Waals surface area contributed by atoms with Crippen LogP contribution in [0.2, 0.25) is 0 Å². The van der Waals surface area contributed by atoms with E-state index in [9.17, 15) is 14.4 Å². The second-order valence-corrected chi connectivity index (χ2v) is 7.09. The summed E-state index contributed by atoms with van der Waals surface area (Å²) < 4.78 is 0. The van der Waals surface area contributed by atoms with Crippen molar-refractivity contribution in [2.24, 2.45) is 11.8 Å². The first-order valence-corrected chi connectivity index (χ1v) is 8.79. The van der Waals surface area contributed by atoms with Crippen molar-refractivity contribution in [2.75, 3.05) is 31.5 Å². The number of benzene rings is 1. The van der Waals surface area contributed by atoms with Crippen LogP contribution in [0.1, 0.15) is 24.5 Å². The maximum absolute atomic E-state index is 12.6. The molecule has 2 atom stereocenters. The normalized spacial score (nSPS) is 22.5. The van der Waals surface area contributed by atoms with E-state index in [2.05, 4.69) is 5.32 Å². The van der Waals surface area contributed by atoms with Crippen LogP contribution in [0.3, 0.4) is 0 Å². The summed E-state index contributed by atoms with van der Waals surface area (Å²) in [6, 6.07) is 5.90. The maximum Gasteiger partial charge on any atom is 0.228 e. The summed E-state index contributed by atoms with van der Waals surface area (Å²) in [5.41, 5.74) is 2.99. The minimum atomic E-state index is -0.237. The molecule has 1 aliphatic carbocycles. The van der Waals surface area contributed by atoms with E-state index in [4.69, 9.17) is 0 Å². The summed E-state index contributed by atoms with van der Waals surface area (Å²) in [6.07, 6.45) is 0.614. The van der Waals surface area contributed by atoms with Crippen LogP contribution in [0.5, 0.6) is 0 Å². The molecule has 2 fully saturated rings. The standard InChI is InChI=1S/C19H25N3O3/c1-12-4-5-17(13(2)10-12)20-18(24)15-11-16(15)19(25)22-8-6-21(7-9-22)14(3)23/h4-5,10,15-16H,6-9,11H2,1-3H3,(H,20,24). The topological polar surface area (TPSA) is 69.7 Å². The van der Waals surface area contributed by atoms with E-state index in [1.54, 1.807) is 16.7 Å². The van der Waals surface area contributed by atoms with Gasteiger partial charge in [0, 0.05) is 38.8 Å². The van der Waals surface area contributed by atoms with Gasteiger partial charge >= 0.3 is 0 Å². The van der Waals surface area contributed by atoms with Gasteiger partial charge in [-0.3, -0.25) is 14.4 Å². The largest absolute Gasteiger partial charge is 0.339 e. The molecule has 1 aromatic carbocycles. The first kappa shape index (κ1) is 17.5. The highest BCUT2D eigenvalue weighted by atomic mass is 16.2. The number of hydrogen-bond acceptors (Lipinski definition) is 3. The van der Waals surface area contributed by atoms with Crippen molar-refractivity contribution in [3.05, 3.63) is 29.3 Å². The highest BCUT2D eigenvalue weighted by molar-refractivity contribution is 6.00. The van der Waals surface area contributed by atoms with Gasteiger partial charge in [0.05, 0.1) is 11.8 Å². The first-order chi connectivity index (χ1) is 11.9. The van der Waals surface area contributed by atoms with E-state index < -0.39 is 0 Å². The molecule has 2 unspecified atom stereocenters. The summed E-state index contributed by atoms with van der Waals surface area (Å²) in [7, 11) is 0. The minimum absolute atomic E-state index is 0.0454. The molecule has 1 saturated carbocycles. The van der Waals surface area contributed by atoms with Crippen molar-refractivity contribution in [2.45, 2.75) is 27.2 Å². The van der Waals surface area contributed by atoms with Gasteiger partial charge in [0.25, 0.3) is 0 Å². The number of aryl methyl sites for hydroxylation is 2. The number of anilines is 1. The van der Waals surface area contributed by atoms with Gasteiger partial charge in [0.15, 0.2) is 0 Å². The lowest BCUT2D eigenvalue weighted by molar-refractivity contribution is -0.139. The first-order valence-electron chi connectivity index (χ1n) is 8.79. The van der Waals surface area contributed by atoms with Gasteiger partial charge in [-0.2, -0.15) is 0 Å². The van der Waals surface area contributed by atoms with E-state index in [0.29, 0.717) is 32.6 Å². The third kappa shape index (κ3) is 3.83. The zero-order valence-electron chi connectivity index (χ0n) is 15.0. The summed E-state index contributed by atoms with van der Waals surface area (Å²) in [5.74, 6) is -0.436.